The van der Waals surface area contributed by atoms with E-state index < -0.39 is 0 Å². The van der Waals surface area contributed by atoms with Crippen LogP contribution in [0.4, 0.5) is 0 Å². The van der Waals surface area contributed by atoms with Gasteiger partial charge >= 0.3 is 45.5 Å². The van der Waals surface area contributed by atoms with Crippen LogP contribution in [0.2, 0.25) is 0 Å². The monoisotopic (exact) mass is 187 g/mol. The minimum absolute atomic E-state index is 0. The van der Waals surface area contributed by atoms with Crippen LogP contribution in [0.15, 0.2) is 0 Å². The maximum absolute atomic E-state index is 0. The van der Waals surface area contributed by atoms with Gasteiger partial charge < -0.3 is 11.6 Å². The van der Waals surface area contributed by atoms with Crippen LogP contribution in [0.1, 0.15) is 0 Å². The van der Waals surface area contributed by atoms with Gasteiger partial charge in [0.05, 0.1) is 0 Å². The van der Waals surface area contributed by atoms with Crippen LogP contribution < -0.4 is 6.15 Å². The van der Waals surface area contributed by atoms with Gasteiger partial charge in [0, 0.05) is 0 Å². The van der Waals surface area contributed by atoms with Crippen molar-refractivity contribution in [1.29, 1.82) is 0 Å². The molecule has 34 valence electrons. The van der Waals surface area contributed by atoms with Gasteiger partial charge in [-0.25, -0.2) is 0 Å². The van der Waals surface area contributed by atoms with Gasteiger partial charge in [0.2, 0.25) is 0 Å². The zero-order valence-electron chi connectivity index (χ0n) is 1.21. The summed E-state index contributed by atoms with van der Waals surface area (Å²) in [6.45, 7) is 0. The van der Waals surface area contributed by atoms with Crippen LogP contribution >= 0.6 is 0 Å². The van der Waals surface area contributed by atoms with Crippen molar-refractivity contribution in [2.24, 2.45) is 0 Å². The van der Waals surface area contributed by atoms with Crippen molar-refractivity contribution in [3.05, 3.63) is 0 Å². The Kier molecular flexibility index (Phi) is 413. The molecule has 0 saturated heterocycles. The molecule has 0 amide bonds. The molecular weight excluding hydrogens is 173 g/mol. The molecule has 0 aromatic rings. The molecule has 0 heterocycles. The SMILES string of the molecule is N.O.[AlH3].[SiH4].[SrH2]. The molecule has 0 radical (unpaired) electrons. The summed E-state index contributed by atoms with van der Waals surface area (Å²) in [5, 5.41) is 0. The minimum atomic E-state index is 0. The molecule has 0 aliphatic carbocycles. The first-order valence-corrected chi connectivity index (χ1v) is 0. The third kappa shape index (κ3) is 22.9. The van der Waals surface area contributed by atoms with Gasteiger partial charge in [-0.05, 0) is 11.0 Å². The average molecular weight is 187 g/mol. The molecule has 5 heavy (non-hydrogen) atoms. The van der Waals surface area contributed by atoms with E-state index in [-0.39, 0.29) is 85.4 Å². The molecule has 0 rings (SSSR count). The zero-order valence-corrected chi connectivity index (χ0v) is 1.21. The van der Waals surface area contributed by atoms with Crippen LogP contribution in [0.25, 0.3) is 0 Å². The van der Waals surface area contributed by atoms with Crippen LogP contribution in [-0.4, -0.2) is 79.3 Å². The fraction of sp³-hybridized carbons (Fsp3) is 0. The average Bonchev–Trinajstić information content (AvgIpc) is 0. The third-order valence-electron chi connectivity index (χ3n) is 0. The van der Waals surface area contributed by atoms with Crippen molar-refractivity contribution < 1.29 is 5.48 Å². The van der Waals surface area contributed by atoms with E-state index in [1.54, 1.807) is 0 Å². The van der Waals surface area contributed by atoms with Gasteiger partial charge in [-0.15, -0.1) is 0 Å². The van der Waals surface area contributed by atoms with Gasteiger partial charge in [-0.1, -0.05) is 0 Å². The number of rotatable bonds is 0. The van der Waals surface area contributed by atoms with E-state index in [0.717, 1.165) is 0 Å². The molecule has 0 bridgehead atoms. The summed E-state index contributed by atoms with van der Waals surface area (Å²) in [4.78, 5) is 0. The van der Waals surface area contributed by atoms with E-state index in [2.05, 4.69) is 0 Å². The Morgan fingerprint density at radius 2 is 1.00 bits per heavy atom. The molecule has 5 heteroatoms. The van der Waals surface area contributed by atoms with E-state index in [9.17, 15) is 0 Å². The maximum atomic E-state index is 0. The van der Waals surface area contributed by atoms with Gasteiger partial charge in [-0.2, -0.15) is 0 Å². The Hall–Kier alpha value is 2.15. The van der Waals surface area contributed by atoms with E-state index in [4.69, 9.17) is 0 Å². The summed E-state index contributed by atoms with van der Waals surface area (Å²) in [5.41, 5.74) is 0. The summed E-state index contributed by atoms with van der Waals surface area (Å²) in [6.07, 6.45) is 0. The normalized spacial score (nSPS) is 0. The van der Waals surface area contributed by atoms with Crippen LogP contribution in [0.3, 0.4) is 0 Å². The molecule has 0 spiro atoms. The predicted octanol–water partition coefficient (Wildman–Crippen LogP) is -4.21. The molecule has 5 N–H and O–H groups in total. The fourth-order valence-electron chi connectivity index (χ4n) is 0. The summed E-state index contributed by atoms with van der Waals surface area (Å²) in [6, 6.07) is 0. The molecule has 2 nitrogen and oxygen atoms in total. The van der Waals surface area contributed by atoms with Crippen molar-refractivity contribution in [3.63, 3.8) is 0 Å². The quantitative estimate of drug-likeness (QED) is 0.383. The van der Waals surface area contributed by atoms with Gasteiger partial charge in [0.1, 0.15) is 0 Å². The zero-order chi connectivity index (χ0) is 0. The molecule has 0 aromatic heterocycles. The molecular formula is H14AlNOSiSr. The second kappa shape index (κ2) is 35.3. The van der Waals surface area contributed by atoms with Gasteiger partial charge in [0.15, 0.2) is 17.4 Å². The van der Waals surface area contributed by atoms with Gasteiger partial charge in [-0.3, -0.25) is 0 Å². The summed E-state index contributed by atoms with van der Waals surface area (Å²) in [7, 11) is 0. The first-order chi connectivity index (χ1) is 0. The van der Waals surface area contributed by atoms with Gasteiger partial charge in [0.25, 0.3) is 0 Å². The number of hydrogen-bond donors (Lipinski definition) is 1. The Labute approximate surface area is 84.0 Å². The topological polar surface area (TPSA) is 66.5 Å². The van der Waals surface area contributed by atoms with Crippen LogP contribution in [-0.2, 0) is 0 Å². The van der Waals surface area contributed by atoms with Crippen LogP contribution in [0.5, 0.6) is 0 Å². The molecule has 0 atom stereocenters. The van der Waals surface area contributed by atoms with Crippen LogP contribution in [0, 0.1) is 0 Å². The number of hydrogen-bond acceptors (Lipinski definition) is 1. The van der Waals surface area contributed by atoms with Crippen molar-refractivity contribution in [1.82, 2.24) is 6.15 Å². The van der Waals surface area contributed by atoms with E-state index in [1.807, 2.05) is 0 Å². The standard InChI is InChI=1S/Al.H3N.H2O.H4Si.Sr.5H/h;1H3;1H2;1H4;;;;;;. The first kappa shape index (κ1) is 58.5. The molecule has 0 aromatic carbocycles. The molecule has 0 unspecified atom stereocenters. The Morgan fingerprint density at radius 3 is 1.00 bits per heavy atom. The Balaban J connectivity index is 0. The predicted molar refractivity (Wildman–Crippen MR) is 38.5 cm³/mol. The molecule has 0 aliphatic rings. The van der Waals surface area contributed by atoms with E-state index in [1.165, 1.54) is 0 Å². The fourth-order valence-corrected chi connectivity index (χ4v) is 0. The summed E-state index contributed by atoms with van der Waals surface area (Å²) in [5.74, 6) is 0. The molecule has 0 saturated carbocycles. The van der Waals surface area contributed by atoms with Crippen molar-refractivity contribution in [3.8, 4) is 0 Å². The molecule has 0 aliphatic heterocycles. The Bertz CT molecular complexity index is 11.6. The van der Waals surface area contributed by atoms with Crippen molar-refractivity contribution in [2.75, 3.05) is 0 Å². The Morgan fingerprint density at radius 1 is 1.00 bits per heavy atom. The van der Waals surface area contributed by atoms with Crippen molar-refractivity contribution in [2.45, 2.75) is 0 Å². The summed E-state index contributed by atoms with van der Waals surface area (Å²) < 4.78 is 0. The second-order valence-electron chi connectivity index (χ2n) is 0. The van der Waals surface area contributed by atoms with E-state index in [0.29, 0.717) is 0 Å². The molecule has 0 fully saturated rings. The first-order valence-electron chi connectivity index (χ1n) is 0. The summed E-state index contributed by atoms with van der Waals surface area (Å²) >= 11 is 0. The van der Waals surface area contributed by atoms with E-state index >= 15 is 0 Å². The third-order valence-corrected chi connectivity index (χ3v) is 0. The second-order valence-corrected chi connectivity index (χ2v) is 0. The van der Waals surface area contributed by atoms with Crippen molar-refractivity contribution >= 4 is 73.8 Å².